The fourth-order valence-electron chi connectivity index (χ4n) is 1.62. The molecule has 0 saturated carbocycles. The lowest BCUT2D eigenvalue weighted by atomic mass is 9.83. The summed E-state index contributed by atoms with van der Waals surface area (Å²) in [5.41, 5.74) is 0.784. The highest BCUT2D eigenvalue weighted by molar-refractivity contribution is 9.10. The standard InChI is InChI=1S/C15H20Br2O2/c1-10(18)13-7-12(17)5-6-14(13)19-9-11(8-16)15(2,3)4/h5-7,11H,8-9H2,1-4H3. The highest BCUT2D eigenvalue weighted by atomic mass is 79.9. The average Bonchev–Trinajstić information content (AvgIpc) is 2.29. The second kappa shape index (κ2) is 6.89. The van der Waals surface area contributed by atoms with E-state index in [0.29, 0.717) is 23.8 Å². The summed E-state index contributed by atoms with van der Waals surface area (Å²) in [6, 6.07) is 5.54. The number of alkyl halides is 1. The fraction of sp³-hybridized carbons (Fsp3) is 0.533. The zero-order valence-corrected chi connectivity index (χ0v) is 15.0. The van der Waals surface area contributed by atoms with Crippen molar-refractivity contribution in [3.05, 3.63) is 28.2 Å². The Morgan fingerprint density at radius 1 is 1.37 bits per heavy atom. The Bertz CT molecular complexity index is 450. The van der Waals surface area contributed by atoms with Gasteiger partial charge in [-0.15, -0.1) is 0 Å². The highest BCUT2D eigenvalue weighted by Gasteiger charge is 2.24. The van der Waals surface area contributed by atoms with E-state index in [4.69, 9.17) is 4.74 Å². The van der Waals surface area contributed by atoms with E-state index >= 15 is 0 Å². The quantitative estimate of drug-likeness (QED) is 0.516. The lowest BCUT2D eigenvalue weighted by Gasteiger charge is -2.29. The van der Waals surface area contributed by atoms with Crippen LogP contribution in [0.1, 0.15) is 38.1 Å². The van der Waals surface area contributed by atoms with Crippen molar-refractivity contribution < 1.29 is 9.53 Å². The Morgan fingerprint density at radius 2 is 2.00 bits per heavy atom. The number of ketones is 1. The molecule has 0 heterocycles. The van der Waals surface area contributed by atoms with Crippen molar-refractivity contribution in [1.29, 1.82) is 0 Å². The molecule has 0 radical (unpaired) electrons. The van der Waals surface area contributed by atoms with Crippen molar-refractivity contribution in [3.8, 4) is 5.75 Å². The molecule has 0 aliphatic heterocycles. The normalized spacial score (nSPS) is 13.2. The van der Waals surface area contributed by atoms with Crippen LogP contribution < -0.4 is 4.74 Å². The smallest absolute Gasteiger partial charge is 0.163 e. The zero-order valence-electron chi connectivity index (χ0n) is 11.8. The maximum Gasteiger partial charge on any atom is 0.163 e. The largest absolute Gasteiger partial charge is 0.492 e. The Kier molecular flexibility index (Phi) is 6.06. The van der Waals surface area contributed by atoms with Gasteiger partial charge in [-0.3, -0.25) is 4.79 Å². The topological polar surface area (TPSA) is 26.3 Å². The van der Waals surface area contributed by atoms with Gasteiger partial charge in [0, 0.05) is 15.7 Å². The van der Waals surface area contributed by atoms with E-state index in [1.807, 2.05) is 12.1 Å². The third kappa shape index (κ3) is 4.92. The molecular weight excluding hydrogens is 372 g/mol. The maximum absolute atomic E-state index is 11.6. The van der Waals surface area contributed by atoms with Crippen LogP contribution in [0.5, 0.6) is 5.75 Å². The maximum atomic E-state index is 11.6. The fourth-order valence-corrected chi connectivity index (χ4v) is 3.14. The predicted molar refractivity (Wildman–Crippen MR) is 86.4 cm³/mol. The molecule has 0 saturated heterocycles. The van der Waals surface area contributed by atoms with Gasteiger partial charge in [-0.25, -0.2) is 0 Å². The van der Waals surface area contributed by atoms with E-state index in [0.717, 1.165) is 9.80 Å². The molecule has 0 aliphatic rings. The molecule has 2 nitrogen and oxygen atoms in total. The van der Waals surface area contributed by atoms with Crippen molar-refractivity contribution >= 4 is 37.6 Å². The van der Waals surface area contributed by atoms with Crippen LogP contribution in [0.2, 0.25) is 0 Å². The minimum Gasteiger partial charge on any atom is -0.492 e. The molecule has 1 rings (SSSR count). The van der Waals surface area contributed by atoms with Crippen LogP contribution in [0.15, 0.2) is 22.7 Å². The van der Waals surface area contributed by atoms with Gasteiger partial charge in [0.1, 0.15) is 5.75 Å². The molecule has 1 unspecified atom stereocenters. The van der Waals surface area contributed by atoms with Gasteiger partial charge in [-0.1, -0.05) is 52.6 Å². The lowest BCUT2D eigenvalue weighted by Crippen LogP contribution is -2.28. The van der Waals surface area contributed by atoms with Crippen molar-refractivity contribution in [2.24, 2.45) is 11.3 Å². The summed E-state index contributed by atoms with van der Waals surface area (Å²) in [7, 11) is 0. The van der Waals surface area contributed by atoms with E-state index in [-0.39, 0.29) is 11.2 Å². The number of halogens is 2. The van der Waals surface area contributed by atoms with Crippen molar-refractivity contribution in [3.63, 3.8) is 0 Å². The van der Waals surface area contributed by atoms with E-state index in [1.165, 1.54) is 0 Å². The first-order chi connectivity index (χ1) is 8.75. The lowest BCUT2D eigenvalue weighted by molar-refractivity contribution is 0.101. The van der Waals surface area contributed by atoms with Crippen LogP contribution in [-0.2, 0) is 0 Å². The monoisotopic (exact) mass is 390 g/mol. The first kappa shape index (κ1) is 16.7. The number of carbonyl (C=O) groups excluding carboxylic acids is 1. The van der Waals surface area contributed by atoms with Crippen LogP contribution in [0.4, 0.5) is 0 Å². The van der Waals surface area contributed by atoms with Crippen LogP contribution in [0.3, 0.4) is 0 Å². The number of carbonyl (C=O) groups is 1. The van der Waals surface area contributed by atoms with Crippen LogP contribution >= 0.6 is 31.9 Å². The van der Waals surface area contributed by atoms with Gasteiger partial charge < -0.3 is 4.74 Å². The summed E-state index contributed by atoms with van der Waals surface area (Å²) < 4.78 is 6.75. The van der Waals surface area contributed by atoms with Gasteiger partial charge in [-0.05, 0) is 30.5 Å². The SMILES string of the molecule is CC(=O)c1cc(Br)ccc1OCC(CBr)C(C)(C)C. The average molecular weight is 392 g/mol. The Balaban J connectivity index is 2.86. The molecule has 1 aromatic carbocycles. The molecule has 106 valence electrons. The van der Waals surface area contributed by atoms with Gasteiger partial charge in [-0.2, -0.15) is 0 Å². The van der Waals surface area contributed by atoms with E-state index in [1.54, 1.807) is 13.0 Å². The number of hydrogen-bond acceptors (Lipinski definition) is 2. The van der Waals surface area contributed by atoms with Crippen molar-refractivity contribution in [2.45, 2.75) is 27.7 Å². The van der Waals surface area contributed by atoms with Gasteiger partial charge in [0.15, 0.2) is 5.78 Å². The van der Waals surface area contributed by atoms with Gasteiger partial charge >= 0.3 is 0 Å². The Morgan fingerprint density at radius 3 is 2.47 bits per heavy atom. The molecule has 19 heavy (non-hydrogen) atoms. The van der Waals surface area contributed by atoms with Gasteiger partial charge in [0.2, 0.25) is 0 Å². The number of hydrogen-bond donors (Lipinski definition) is 0. The zero-order chi connectivity index (χ0) is 14.6. The number of benzene rings is 1. The second-order valence-electron chi connectivity index (χ2n) is 5.72. The Labute approximate surface area is 132 Å². The highest BCUT2D eigenvalue weighted by Crippen LogP contribution is 2.30. The summed E-state index contributed by atoms with van der Waals surface area (Å²) in [5, 5.41) is 0.877. The van der Waals surface area contributed by atoms with E-state index in [2.05, 4.69) is 52.6 Å². The summed E-state index contributed by atoms with van der Waals surface area (Å²) in [5.74, 6) is 1.06. The van der Waals surface area contributed by atoms with Crippen LogP contribution in [0.25, 0.3) is 0 Å². The number of ether oxygens (including phenoxy) is 1. The number of Topliss-reactive ketones (excluding diaryl/α,β-unsaturated/α-hetero) is 1. The molecule has 0 fully saturated rings. The predicted octanol–water partition coefficient (Wildman–Crippen LogP) is 5.09. The van der Waals surface area contributed by atoms with Gasteiger partial charge in [0.25, 0.3) is 0 Å². The molecular formula is C15H20Br2O2. The minimum absolute atomic E-state index is 0.0162. The minimum atomic E-state index is 0.0162. The molecule has 4 heteroatoms. The van der Waals surface area contributed by atoms with Crippen molar-refractivity contribution in [1.82, 2.24) is 0 Å². The first-order valence-electron chi connectivity index (χ1n) is 6.25. The summed E-state index contributed by atoms with van der Waals surface area (Å²) in [6.45, 7) is 8.72. The molecule has 0 spiro atoms. The molecule has 0 amide bonds. The number of rotatable bonds is 5. The molecule has 0 bridgehead atoms. The Hall–Kier alpha value is -0.350. The van der Waals surface area contributed by atoms with Crippen molar-refractivity contribution in [2.75, 3.05) is 11.9 Å². The molecule has 1 atom stereocenters. The molecule has 0 aromatic heterocycles. The second-order valence-corrected chi connectivity index (χ2v) is 7.29. The van der Waals surface area contributed by atoms with E-state index in [9.17, 15) is 4.79 Å². The molecule has 1 aromatic rings. The van der Waals surface area contributed by atoms with Crippen LogP contribution in [-0.4, -0.2) is 17.7 Å². The third-order valence-electron chi connectivity index (χ3n) is 3.17. The third-order valence-corrected chi connectivity index (χ3v) is 4.45. The summed E-state index contributed by atoms with van der Waals surface area (Å²) >= 11 is 6.90. The van der Waals surface area contributed by atoms with Crippen LogP contribution in [0, 0.1) is 11.3 Å². The summed E-state index contributed by atoms with van der Waals surface area (Å²) in [6.07, 6.45) is 0. The summed E-state index contributed by atoms with van der Waals surface area (Å²) in [4.78, 5) is 11.6. The molecule has 0 N–H and O–H groups in total. The van der Waals surface area contributed by atoms with Gasteiger partial charge in [0.05, 0.1) is 12.2 Å². The van der Waals surface area contributed by atoms with E-state index < -0.39 is 0 Å². The molecule has 0 aliphatic carbocycles. The first-order valence-corrected chi connectivity index (χ1v) is 8.16.